The maximum absolute atomic E-state index is 12.3. The maximum atomic E-state index is 12.3. The van der Waals surface area contributed by atoms with Crippen LogP contribution in [0.4, 0.5) is 0 Å². The summed E-state index contributed by atoms with van der Waals surface area (Å²) in [5.41, 5.74) is -0.216. The van der Waals surface area contributed by atoms with Gasteiger partial charge in [-0.15, -0.1) is 0 Å². The summed E-state index contributed by atoms with van der Waals surface area (Å²) in [5, 5.41) is 3.04. The van der Waals surface area contributed by atoms with Crippen LogP contribution in [-0.4, -0.2) is 33.1 Å². The number of nitrogens with one attached hydrogen (secondary N) is 1. The second-order valence-corrected chi connectivity index (χ2v) is 8.24. The summed E-state index contributed by atoms with van der Waals surface area (Å²) in [6.45, 7) is 3.08. The normalized spacial score (nSPS) is 18.2. The molecule has 0 bridgehead atoms. The van der Waals surface area contributed by atoms with Crippen LogP contribution < -0.4 is 5.32 Å². The quantitative estimate of drug-likeness (QED) is 0.849. The number of ether oxygens (including phenoxy) is 1. The fourth-order valence-corrected chi connectivity index (χ4v) is 3.23. The lowest BCUT2D eigenvalue weighted by atomic mass is 9.92. The number of benzene rings is 1. The van der Waals surface area contributed by atoms with E-state index in [0.717, 1.165) is 0 Å². The van der Waals surface area contributed by atoms with Crippen LogP contribution in [0.1, 0.15) is 30.1 Å². The lowest BCUT2D eigenvalue weighted by Gasteiger charge is -2.34. The predicted molar refractivity (Wildman–Crippen MR) is 80.4 cm³/mol. The Bertz CT molecular complexity index is 654. The molecule has 0 aliphatic carbocycles. The van der Waals surface area contributed by atoms with Crippen molar-refractivity contribution in [1.82, 2.24) is 5.32 Å². The fraction of sp³-hybridized carbons (Fsp3) is 0.462. The third kappa shape index (κ3) is 4.32. The Kier molecular flexibility index (Phi) is 4.82. The number of carbonyl (C=O) groups is 1. The zero-order valence-corrected chi connectivity index (χ0v) is 13.7. The van der Waals surface area contributed by atoms with Crippen LogP contribution in [0.15, 0.2) is 23.1 Å². The van der Waals surface area contributed by atoms with Crippen LogP contribution in [-0.2, 0) is 13.8 Å². The first-order chi connectivity index (χ1) is 9.70. The van der Waals surface area contributed by atoms with Crippen molar-refractivity contribution in [2.24, 2.45) is 0 Å². The molecule has 1 heterocycles. The lowest BCUT2D eigenvalue weighted by Crippen LogP contribution is -2.49. The number of amides is 1. The predicted octanol–water partition coefficient (Wildman–Crippen LogP) is 2.57. The molecule has 116 valence electrons. The van der Waals surface area contributed by atoms with Crippen LogP contribution in [0.25, 0.3) is 0 Å². The molecule has 0 saturated carbocycles. The number of hydrogen-bond acceptors (Lipinski definition) is 4. The Morgan fingerprint density at radius 2 is 1.90 bits per heavy atom. The van der Waals surface area contributed by atoms with Crippen LogP contribution in [0.5, 0.6) is 0 Å². The molecule has 1 aliphatic heterocycles. The van der Waals surface area contributed by atoms with E-state index in [1.807, 2.05) is 6.92 Å². The van der Waals surface area contributed by atoms with Gasteiger partial charge in [-0.25, -0.2) is 8.42 Å². The van der Waals surface area contributed by atoms with Crippen LogP contribution in [0.2, 0.25) is 5.02 Å². The van der Waals surface area contributed by atoms with E-state index in [1.165, 1.54) is 18.2 Å². The molecule has 1 aliphatic rings. The fourth-order valence-electron chi connectivity index (χ4n) is 2.13. The lowest BCUT2D eigenvalue weighted by molar-refractivity contribution is 0.0423. The number of hydrogen-bond donors (Lipinski definition) is 1. The van der Waals surface area contributed by atoms with Crippen LogP contribution in [0.3, 0.4) is 0 Å². The summed E-state index contributed by atoms with van der Waals surface area (Å²) in [5.74, 6) is -0.386. The highest BCUT2D eigenvalue weighted by molar-refractivity contribution is 8.13. The van der Waals surface area contributed by atoms with Gasteiger partial charge < -0.3 is 10.1 Å². The summed E-state index contributed by atoms with van der Waals surface area (Å²) in [7, 11) is 1.35. The Hall–Kier alpha value is -0.820. The van der Waals surface area contributed by atoms with Crippen LogP contribution >= 0.6 is 22.3 Å². The average molecular weight is 352 g/mol. The number of halogens is 2. The summed E-state index contributed by atoms with van der Waals surface area (Å²) in [6, 6.07) is 3.83. The molecule has 1 fully saturated rings. The molecule has 2 rings (SSSR count). The van der Waals surface area contributed by atoms with Gasteiger partial charge in [-0.2, -0.15) is 0 Å². The molecule has 1 N–H and O–H groups in total. The highest BCUT2D eigenvalue weighted by Crippen LogP contribution is 2.24. The molecule has 8 heteroatoms. The van der Waals surface area contributed by atoms with Crippen molar-refractivity contribution in [2.45, 2.75) is 30.2 Å². The molecule has 0 atom stereocenters. The zero-order valence-electron chi connectivity index (χ0n) is 11.4. The van der Waals surface area contributed by atoms with Gasteiger partial charge in [-0.3, -0.25) is 4.79 Å². The van der Waals surface area contributed by atoms with Gasteiger partial charge in [0.1, 0.15) is 0 Å². The number of carbonyl (C=O) groups excluding carboxylic acids is 1. The highest BCUT2D eigenvalue weighted by atomic mass is 35.7. The second-order valence-electron chi connectivity index (χ2n) is 5.24. The van der Waals surface area contributed by atoms with E-state index < -0.39 is 9.05 Å². The van der Waals surface area contributed by atoms with Crippen molar-refractivity contribution in [2.75, 3.05) is 13.2 Å². The second kappa shape index (κ2) is 6.12. The molecule has 0 unspecified atom stereocenters. The minimum absolute atomic E-state index is 0.138. The summed E-state index contributed by atoms with van der Waals surface area (Å²) >= 11 is 5.85. The molecular weight excluding hydrogens is 337 g/mol. The van der Waals surface area contributed by atoms with Crippen molar-refractivity contribution < 1.29 is 17.9 Å². The van der Waals surface area contributed by atoms with E-state index in [2.05, 4.69) is 5.32 Å². The minimum Gasteiger partial charge on any atom is -0.381 e. The largest absolute Gasteiger partial charge is 0.381 e. The molecule has 1 saturated heterocycles. The molecule has 0 aromatic heterocycles. The Morgan fingerprint density at radius 3 is 2.48 bits per heavy atom. The molecular formula is C13H15Cl2NO4S. The van der Waals surface area contributed by atoms with Crippen molar-refractivity contribution in [1.29, 1.82) is 0 Å². The Labute approximate surface area is 133 Å². The zero-order chi connectivity index (χ0) is 15.7. The van der Waals surface area contributed by atoms with Crippen molar-refractivity contribution >= 4 is 37.2 Å². The Balaban J connectivity index is 2.25. The first-order valence-corrected chi connectivity index (χ1v) is 9.04. The summed E-state index contributed by atoms with van der Waals surface area (Å²) < 4.78 is 28.0. The molecule has 1 aromatic carbocycles. The van der Waals surface area contributed by atoms with Crippen molar-refractivity contribution in [3.8, 4) is 0 Å². The summed E-state index contributed by atoms with van der Waals surface area (Å²) in [6.07, 6.45) is 1.39. The third-order valence-electron chi connectivity index (χ3n) is 3.43. The first-order valence-electron chi connectivity index (χ1n) is 6.35. The van der Waals surface area contributed by atoms with Gasteiger partial charge in [0.15, 0.2) is 0 Å². The van der Waals surface area contributed by atoms with Gasteiger partial charge in [-0.05, 0) is 38.0 Å². The molecule has 1 aromatic rings. The molecule has 1 amide bonds. The number of rotatable bonds is 3. The van der Waals surface area contributed by atoms with E-state index in [4.69, 9.17) is 27.0 Å². The SMILES string of the molecule is CC1(NC(=O)c2cc(Cl)cc(S(=O)(=O)Cl)c2)CCOCC1. The van der Waals surface area contributed by atoms with Gasteiger partial charge in [0.2, 0.25) is 0 Å². The monoisotopic (exact) mass is 351 g/mol. The van der Waals surface area contributed by atoms with E-state index >= 15 is 0 Å². The summed E-state index contributed by atoms with van der Waals surface area (Å²) in [4.78, 5) is 12.1. The first kappa shape index (κ1) is 16.5. The van der Waals surface area contributed by atoms with Gasteiger partial charge in [0.05, 0.1) is 4.90 Å². The minimum atomic E-state index is -3.94. The van der Waals surface area contributed by atoms with E-state index in [9.17, 15) is 13.2 Å². The van der Waals surface area contributed by atoms with Gasteiger partial charge in [0.25, 0.3) is 15.0 Å². The standard InChI is InChI=1S/C13H15Cl2NO4S/c1-13(2-4-20-5-3-13)16-12(17)9-6-10(14)8-11(7-9)21(15,18)19/h6-8H,2-5H2,1H3,(H,16,17). The van der Waals surface area contributed by atoms with Gasteiger partial charge in [-0.1, -0.05) is 11.6 Å². The third-order valence-corrected chi connectivity index (χ3v) is 4.98. The molecule has 0 spiro atoms. The highest BCUT2D eigenvalue weighted by Gasteiger charge is 2.29. The molecule has 21 heavy (non-hydrogen) atoms. The maximum Gasteiger partial charge on any atom is 0.261 e. The van der Waals surface area contributed by atoms with Crippen molar-refractivity contribution in [3.05, 3.63) is 28.8 Å². The Morgan fingerprint density at radius 1 is 1.29 bits per heavy atom. The van der Waals surface area contributed by atoms with E-state index in [1.54, 1.807) is 0 Å². The van der Waals surface area contributed by atoms with E-state index in [-0.39, 0.29) is 26.9 Å². The van der Waals surface area contributed by atoms with Gasteiger partial charge in [0, 0.05) is 40.0 Å². The molecule has 0 radical (unpaired) electrons. The van der Waals surface area contributed by atoms with Crippen molar-refractivity contribution in [3.63, 3.8) is 0 Å². The van der Waals surface area contributed by atoms with Crippen LogP contribution in [0, 0.1) is 0 Å². The van der Waals surface area contributed by atoms with Gasteiger partial charge >= 0.3 is 0 Å². The van der Waals surface area contributed by atoms with E-state index in [0.29, 0.717) is 26.1 Å². The molecule has 5 nitrogen and oxygen atoms in total. The smallest absolute Gasteiger partial charge is 0.261 e. The average Bonchev–Trinajstić information content (AvgIpc) is 2.37. The topological polar surface area (TPSA) is 72.5 Å².